The summed E-state index contributed by atoms with van der Waals surface area (Å²) < 4.78 is 38.5. The fraction of sp³-hybridized carbons (Fsp3) is 0.857. The summed E-state index contributed by atoms with van der Waals surface area (Å²) in [7, 11) is 0. The highest BCUT2D eigenvalue weighted by atomic mass is 35.5. The van der Waals surface area contributed by atoms with Crippen LogP contribution in [-0.4, -0.2) is 37.6 Å². The summed E-state index contributed by atoms with van der Waals surface area (Å²) >= 11 is 5.30. The van der Waals surface area contributed by atoms with Crippen LogP contribution < -0.4 is 0 Å². The molecule has 2 unspecified atom stereocenters. The Balaban J connectivity index is 2.53. The van der Waals surface area contributed by atoms with Gasteiger partial charge in [-0.2, -0.15) is 5.26 Å². The molecule has 0 spiro atoms. The van der Waals surface area contributed by atoms with Gasteiger partial charge >= 0.3 is 5.97 Å². The molecule has 0 aromatic heterocycles. The molecule has 0 aromatic carbocycles. The number of nitriles is 1. The standard InChI is InChI=1S/C7H8ClF2NO3/c8-1-2-12-7(4-11)13-3-5(14-7)6(9)10/h5-6H,1-3H2. The van der Waals surface area contributed by atoms with Crippen molar-refractivity contribution >= 4 is 11.6 Å². The first kappa shape index (κ1) is 11.6. The largest absolute Gasteiger partial charge is 0.379 e. The van der Waals surface area contributed by atoms with Crippen LogP contribution in [0.5, 0.6) is 0 Å². The minimum Gasteiger partial charge on any atom is -0.314 e. The van der Waals surface area contributed by atoms with E-state index in [0.29, 0.717) is 0 Å². The van der Waals surface area contributed by atoms with Crippen LogP contribution >= 0.6 is 11.6 Å². The van der Waals surface area contributed by atoms with Gasteiger partial charge in [-0.05, 0) is 0 Å². The van der Waals surface area contributed by atoms with Crippen molar-refractivity contribution in [2.75, 3.05) is 19.1 Å². The molecule has 1 rings (SSSR count). The van der Waals surface area contributed by atoms with Gasteiger partial charge in [0.2, 0.25) is 0 Å². The molecule has 0 N–H and O–H groups in total. The highest BCUT2D eigenvalue weighted by Crippen LogP contribution is 2.27. The van der Waals surface area contributed by atoms with E-state index in [2.05, 4.69) is 4.74 Å². The number of nitrogens with zero attached hydrogens (tertiary/aromatic N) is 1. The second-order valence-corrected chi connectivity index (χ2v) is 2.89. The van der Waals surface area contributed by atoms with E-state index < -0.39 is 18.5 Å². The van der Waals surface area contributed by atoms with Gasteiger partial charge in [0.1, 0.15) is 6.10 Å². The van der Waals surface area contributed by atoms with Crippen LogP contribution in [0.4, 0.5) is 8.78 Å². The van der Waals surface area contributed by atoms with Gasteiger partial charge < -0.3 is 14.2 Å². The molecule has 0 amide bonds. The molecular formula is C7H8ClF2NO3. The fourth-order valence-electron chi connectivity index (χ4n) is 0.923. The summed E-state index contributed by atoms with van der Waals surface area (Å²) in [5.41, 5.74) is 0. The predicted molar refractivity (Wildman–Crippen MR) is 41.8 cm³/mol. The van der Waals surface area contributed by atoms with Gasteiger partial charge in [-0.3, -0.25) is 0 Å². The normalized spacial score (nSPS) is 32.1. The third-order valence-corrected chi connectivity index (χ3v) is 1.69. The van der Waals surface area contributed by atoms with Gasteiger partial charge in [0.15, 0.2) is 6.07 Å². The fourth-order valence-corrected chi connectivity index (χ4v) is 1.00. The SMILES string of the molecule is N#CC1(OCCCl)OCC(C(F)F)O1. The van der Waals surface area contributed by atoms with E-state index in [1.807, 2.05) is 0 Å². The highest BCUT2D eigenvalue weighted by molar-refractivity contribution is 6.17. The summed E-state index contributed by atoms with van der Waals surface area (Å²) in [4.78, 5) is 0. The van der Waals surface area contributed by atoms with Crippen molar-refractivity contribution < 1.29 is 23.0 Å². The van der Waals surface area contributed by atoms with Crippen LogP contribution in [0.3, 0.4) is 0 Å². The van der Waals surface area contributed by atoms with E-state index in [4.69, 9.17) is 26.3 Å². The third-order valence-electron chi connectivity index (χ3n) is 1.53. The number of hydrogen-bond donors (Lipinski definition) is 0. The van der Waals surface area contributed by atoms with E-state index >= 15 is 0 Å². The Hall–Kier alpha value is -0.480. The average Bonchev–Trinajstić information content (AvgIpc) is 2.60. The molecule has 80 valence electrons. The molecule has 0 bridgehead atoms. The van der Waals surface area contributed by atoms with E-state index in [0.717, 1.165) is 0 Å². The summed E-state index contributed by atoms with van der Waals surface area (Å²) in [6, 6.07) is 1.54. The van der Waals surface area contributed by atoms with Crippen LogP contribution in [0.15, 0.2) is 0 Å². The Bertz CT molecular complexity index is 235. The zero-order chi connectivity index (χ0) is 10.6. The zero-order valence-electron chi connectivity index (χ0n) is 7.08. The lowest BCUT2D eigenvalue weighted by Crippen LogP contribution is -2.34. The third kappa shape index (κ3) is 2.51. The van der Waals surface area contributed by atoms with Gasteiger partial charge in [0.25, 0.3) is 6.43 Å². The first-order valence-electron chi connectivity index (χ1n) is 3.84. The number of rotatable bonds is 4. The molecule has 0 radical (unpaired) electrons. The molecule has 1 heterocycles. The molecule has 1 aliphatic rings. The highest BCUT2D eigenvalue weighted by Gasteiger charge is 2.47. The lowest BCUT2D eigenvalue weighted by molar-refractivity contribution is -0.300. The van der Waals surface area contributed by atoms with Crippen molar-refractivity contribution in [2.24, 2.45) is 0 Å². The van der Waals surface area contributed by atoms with Crippen LogP contribution in [0, 0.1) is 11.3 Å². The molecule has 1 aliphatic heterocycles. The van der Waals surface area contributed by atoms with E-state index in [1.165, 1.54) is 6.07 Å². The maximum Gasteiger partial charge on any atom is 0.379 e. The number of hydrogen-bond acceptors (Lipinski definition) is 4. The van der Waals surface area contributed by atoms with Gasteiger partial charge in [-0.1, -0.05) is 0 Å². The number of alkyl halides is 3. The molecule has 1 fully saturated rings. The summed E-state index contributed by atoms with van der Waals surface area (Å²) in [6.45, 7) is -0.376. The van der Waals surface area contributed by atoms with Gasteiger partial charge in [0.05, 0.1) is 13.2 Å². The van der Waals surface area contributed by atoms with Crippen LogP contribution in [-0.2, 0) is 14.2 Å². The summed E-state index contributed by atoms with van der Waals surface area (Å²) in [6.07, 6.45) is -4.13. The maximum absolute atomic E-state index is 12.1. The molecule has 2 atom stereocenters. The molecule has 14 heavy (non-hydrogen) atoms. The minimum absolute atomic E-state index is 0.00886. The second kappa shape index (κ2) is 4.84. The Labute approximate surface area is 84.3 Å². The summed E-state index contributed by atoms with van der Waals surface area (Å²) in [5, 5.41) is 8.63. The topological polar surface area (TPSA) is 51.5 Å². The Morgan fingerprint density at radius 1 is 1.71 bits per heavy atom. The van der Waals surface area contributed by atoms with Gasteiger partial charge in [0, 0.05) is 5.88 Å². The predicted octanol–water partition coefficient (Wildman–Crippen LogP) is 1.10. The Morgan fingerprint density at radius 3 is 2.86 bits per heavy atom. The van der Waals surface area contributed by atoms with Crippen molar-refractivity contribution in [3.8, 4) is 6.07 Å². The Kier molecular flexibility index (Phi) is 4.01. The smallest absolute Gasteiger partial charge is 0.314 e. The van der Waals surface area contributed by atoms with E-state index in [-0.39, 0.29) is 19.1 Å². The monoisotopic (exact) mass is 227 g/mol. The zero-order valence-corrected chi connectivity index (χ0v) is 7.84. The summed E-state index contributed by atoms with van der Waals surface area (Å²) in [5.74, 6) is -1.90. The lowest BCUT2D eigenvalue weighted by atomic mass is 10.4. The molecule has 1 saturated heterocycles. The van der Waals surface area contributed by atoms with Gasteiger partial charge in [-0.25, -0.2) is 8.78 Å². The van der Waals surface area contributed by atoms with Crippen molar-refractivity contribution in [3.05, 3.63) is 0 Å². The first-order valence-corrected chi connectivity index (χ1v) is 4.38. The minimum atomic E-state index is -2.70. The van der Waals surface area contributed by atoms with Crippen LogP contribution in [0.1, 0.15) is 0 Å². The molecule has 0 aliphatic carbocycles. The van der Waals surface area contributed by atoms with Crippen LogP contribution in [0.25, 0.3) is 0 Å². The molecule has 0 aromatic rings. The number of ether oxygens (including phenoxy) is 3. The number of halogens is 3. The van der Waals surface area contributed by atoms with Gasteiger partial charge in [-0.15, -0.1) is 11.6 Å². The average molecular weight is 228 g/mol. The molecule has 4 nitrogen and oxygen atoms in total. The molecule has 7 heteroatoms. The van der Waals surface area contributed by atoms with E-state index in [9.17, 15) is 8.78 Å². The van der Waals surface area contributed by atoms with E-state index in [1.54, 1.807) is 0 Å². The first-order chi connectivity index (χ1) is 6.63. The molecular weight excluding hydrogens is 220 g/mol. The van der Waals surface area contributed by atoms with Crippen LogP contribution in [0.2, 0.25) is 0 Å². The van der Waals surface area contributed by atoms with Crippen molar-refractivity contribution in [3.63, 3.8) is 0 Å². The van der Waals surface area contributed by atoms with Crippen molar-refractivity contribution in [1.29, 1.82) is 5.26 Å². The maximum atomic E-state index is 12.1. The lowest BCUT2D eigenvalue weighted by Gasteiger charge is -2.18. The van der Waals surface area contributed by atoms with Crippen molar-refractivity contribution in [2.45, 2.75) is 18.5 Å². The van der Waals surface area contributed by atoms with Crippen molar-refractivity contribution in [1.82, 2.24) is 0 Å². The quantitative estimate of drug-likeness (QED) is 0.675. The second-order valence-electron chi connectivity index (χ2n) is 2.51. The Morgan fingerprint density at radius 2 is 2.43 bits per heavy atom. The molecule has 0 saturated carbocycles.